The Bertz CT molecular complexity index is 380. The second-order valence-corrected chi connectivity index (χ2v) is 5.09. The molecule has 1 N–H and O–H groups in total. The summed E-state index contributed by atoms with van der Waals surface area (Å²) in [7, 11) is 2.19. The van der Waals surface area contributed by atoms with Gasteiger partial charge in [0.2, 0.25) is 0 Å². The van der Waals surface area contributed by atoms with Gasteiger partial charge in [0, 0.05) is 38.4 Å². The molecule has 0 amide bonds. The van der Waals surface area contributed by atoms with Crippen molar-refractivity contribution in [3.63, 3.8) is 0 Å². The highest BCUT2D eigenvalue weighted by atomic mass is 15.3. The number of anilines is 1. The Balaban J connectivity index is 2.16. The molecule has 0 bridgehead atoms. The van der Waals surface area contributed by atoms with Gasteiger partial charge in [-0.15, -0.1) is 0 Å². The SMILES string of the molecule is CCNCc1ccncc1N1CCN(C)CC1C. The topological polar surface area (TPSA) is 31.4 Å². The van der Waals surface area contributed by atoms with Gasteiger partial charge in [0.05, 0.1) is 11.9 Å². The summed E-state index contributed by atoms with van der Waals surface area (Å²) < 4.78 is 0. The molecule has 2 rings (SSSR count). The minimum absolute atomic E-state index is 0.549. The first kappa shape index (κ1) is 13.3. The Kier molecular flexibility index (Phi) is 4.55. The van der Waals surface area contributed by atoms with Crippen LogP contribution in [0.15, 0.2) is 18.5 Å². The summed E-state index contributed by atoms with van der Waals surface area (Å²) in [5.41, 5.74) is 2.64. The van der Waals surface area contributed by atoms with Crippen LogP contribution in [0.1, 0.15) is 19.4 Å². The molecule has 0 radical (unpaired) electrons. The van der Waals surface area contributed by atoms with Gasteiger partial charge in [-0.1, -0.05) is 6.92 Å². The molecule has 4 nitrogen and oxygen atoms in total. The minimum Gasteiger partial charge on any atom is -0.365 e. The van der Waals surface area contributed by atoms with Crippen molar-refractivity contribution in [2.75, 3.05) is 38.1 Å². The van der Waals surface area contributed by atoms with Gasteiger partial charge in [-0.3, -0.25) is 4.98 Å². The molecule has 1 fully saturated rings. The third-order valence-corrected chi connectivity index (χ3v) is 3.59. The van der Waals surface area contributed by atoms with E-state index in [0.29, 0.717) is 6.04 Å². The summed E-state index contributed by atoms with van der Waals surface area (Å²) >= 11 is 0. The Labute approximate surface area is 110 Å². The van der Waals surface area contributed by atoms with Crippen molar-refractivity contribution in [2.24, 2.45) is 0 Å². The number of nitrogens with zero attached hydrogens (tertiary/aromatic N) is 3. The lowest BCUT2D eigenvalue weighted by molar-refractivity contribution is 0.275. The van der Waals surface area contributed by atoms with Crippen molar-refractivity contribution in [1.82, 2.24) is 15.2 Å². The quantitative estimate of drug-likeness (QED) is 0.871. The molecule has 18 heavy (non-hydrogen) atoms. The van der Waals surface area contributed by atoms with Crippen molar-refractivity contribution >= 4 is 5.69 Å². The van der Waals surface area contributed by atoms with E-state index in [-0.39, 0.29) is 0 Å². The molecule has 100 valence electrons. The summed E-state index contributed by atoms with van der Waals surface area (Å²) in [5.74, 6) is 0. The highest BCUT2D eigenvalue weighted by Gasteiger charge is 2.23. The van der Waals surface area contributed by atoms with E-state index in [1.165, 1.54) is 11.3 Å². The molecule has 1 aromatic rings. The van der Waals surface area contributed by atoms with Crippen molar-refractivity contribution in [2.45, 2.75) is 26.4 Å². The standard InChI is InChI=1S/C14H24N4/c1-4-15-9-13-5-6-16-10-14(13)18-8-7-17(3)11-12(18)2/h5-6,10,12,15H,4,7-9,11H2,1-3H3. The number of hydrogen-bond donors (Lipinski definition) is 1. The van der Waals surface area contributed by atoms with E-state index >= 15 is 0 Å². The molecule has 0 saturated carbocycles. The number of hydrogen-bond acceptors (Lipinski definition) is 4. The van der Waals surface area contributed by atoms with Gasteiger partial charge in [0.15, 0.2) is 0 Å². The van der Waals surface area contributed by atoms with Crippen LogP contribution in [0.25, 0.3) is 0 Å². The zero-order valence-electron chi connectivity index (χ0n) is 11.7. The van der Waals surface area contributed by atoms with E-state index in [1.54, 1.807) is 0 Å². The van der Waals surface area contributed by atoms with E-state index in [4.69, 9.17) is 0 Å². The van der Waals surface area contributed by atoms with Crippen molar-refractivity contribution < 1.29 is 0 Å². The average molecular weight is 248 g/mol. The van der Waals surface area contributed by atoms with Crippen LogP contribution in [0.4, 0.5) is 5.69 Å². The fourth-order valence-corrected chi connectivity index (χ4v) is 2.58. The lowest BCUT2D eigenvalue weighted by atomic mass is 10.1. The molecule has 1 aliphatic rings. The Morgan fingerprint density at radius 2 is 2.28 bits per heavy atom. The second kappa shape index (κ2) is 6.16. The molecule has 1 aromatic heterocycles. The maximum absolute atomic E-state index is 4.30. The molecule has 4 heteroatoms. The maximum Gasteiger partial charge on any atom is 0.0601 e. The molecule has 1 atom stereocenters. The molecule has 1 unspecified atom stereocenters. The number of rotatable bonds is 4. The third-order valence-electron chi connectivity index (χ3n) is 3.59. The van der Waals surface area contributed by atoms with Crippen molar-refractivity contribution in [3.05, 3.63) is 24.0 Å². The highest BCUT2D eigenvalue weighted by Crippen LogP contribution is 2.23. The number of aromatic nitrogens is 1. The van der Waals surface area contributed by atoms with E-state index in [1.807, 2.05) is 12.4 Å². The summed E-state index contributed by atoms with van der Waals surface area (Å²) in [6, 6.07) is 2.68. The molecular formula is C14H24N4. The second-order valence-electron chi connectivity index (χ2n) is 5.09. The first-order chi connectivity index (χ1) is 8.72. The predicted octanol–water partition coefficient (Wildman–Crippen LogP) is 1.33. The number of piperazine rings is 1. The minimum atomic E-state index is 0.549. The van der Waals surface area contributed by atoms with Gasteiger partial charge >= 0.3 is 0 Å². The van der Waals surface area contributed by atoms with Gasteiger partial charge in [-0.25, -0.2) is 0 Å². The normalized spacial score (nSPS) is 21.3. The van der Waals surface area contributed by atoms with E-state index in [2.05, 4.69) is 47.1 Å². The molecule has 0 aliphatic carbocycles. The summed E-state index contributed by atoms with van der Waals surface area (Å²) in [6.45, 7) is 9.68. The van der Waals surface area contributed by atoms with E-state index in [0.717, 1.165) is 32.7 Å². The van der Waals surface area contributed by atoms with Crippen molar-refractivity contribution in [1.29, 1.82) is 0 Å². The molecule has 1 aliphatic heterocycles. The van der Waals surface area contributed by atoms with Crippen LogP contribution in [-0.4, -0.2) is 49.2 Å². The van der Waals surface area contributed by atoms with E-state index in [9.17, 15) is 0 Å². The largest absolute Gasteiger partial charge is 0.365 e. The van der Waals surface area contributed by atoms with Gasteiger partial charge in [-0.05, 0) is 32.1 Å². The fraction of sp³-hybridized carbons (Fsp3) is 0.643. The van der Waals surface area contributed by atoms with Gasteiger partial charge < -0.3 is 15.1 Å². The van der Waals surface area contributed by atoms with Crippen LogP contribution in [0.3, 0.4) is 0 Å². The third kappa shape index (κ3) is 3.00. The average Bonchev–Trinajstić information content (AvgIpc) is 2.37. The van der Waals surface area contributed by atoms with Crippen LogP contribution < -0.4 is 10.2 Å². The molecular weight excluding hydrogens is 224 g/mol. The Morgan fingerprint density at radius 1 is 1.44 bits per heavy atom. The zero-order valence-corrected chi connectivity index (χ0v) is 11.7. The van der Waals surface area contributed by atoms with Crippen molar-refractivity contribution in [3.8, 4) is 0 Å². The fourth-order valence-electron chi connectivity index (χ4n) is 2.58. The number of pyridine rings is 1. The predicted molar refractivity (Wildman–Crippen MR) is 75.9 cm³/mol. The molecule has 0 spiro atoms. The summed E-state index contributed by atoms with van der Waals surface area (Å²) in [6.07, 6.45) is 3.89. The number of likely N-dealkylation sites (N-methyl/N-ethyl adjacent to an activating group) is 1. The smallest absolute Gasteiger partial charge is 0.0601 e. The van der Waals surface area contributed by atoms with Crippen LogP contribution >= 0.6 is 0 Å². The van der Waals surface area contributed by atoms with Gasteiger partial charge in [0.25, 0.3) is 0 Å². The number of nitrogens with one attached hydrogen (secondary N) is 1. The first-order valence-electron chi connectivity index (χ1n) is 6.81. The van der Waals surface area contributed by atoms with Crippen LogP contribution in [0, 0.1) is 0 Å². The highest BCUT2D eigenvalue weighted by molar-refractivity contribution is 5.53. The van der Waals surface area contributed by atoms with Gasteiger partial charge in [0.1, 0.15) is 0 Å². The maximum atomic E-state index is 4.30. The van der Waals surface area contributed by atoms with Gasteiger partial charge in [-0.2, -0.15) is 0 Å². The lowest BCUT2D eigenvalue weighted by Crippen LogP contribution is -2.51. The Morgan fingerprint density at radius 3 is 3.00 bits per heavy atom. The molecule has 0 aromatic carbocycles. The molecule has 2 heterocycles. The summed E-state index contributed by atoms with van der Waals surface area (Å²) in [4.78, 5) is 9.18. The zero-order chi connectivity index (χ0) is 13.0. The Hall–Kier alpha value is -1.13. The first-order valence-corrected chi connectivity index (χ1v) is 6.81. The van der Waals surface area contributed by atoms with E-state index < -0.39 is 0 Å². The van der Waals surface area contributed by atoms with Crippen LogP contribution in [0.2, 0.25) is 0 Å². The summed E-state index contributed by atoms with van der Waals surface area (Å²) in [5, 5.41) is 3.40. The van der Waals surface area contributed by atoms with Crippen LogP contribution in [-0.2, 0) is 6.54 Å². The van der Waals surface area contributed by atoms with Crippen LogP contribution in [0.5, 0.6) is 0 Å². The molecule has 1 saturated heterocycles. The lowest BCUT2D eigenvalue weighted by Gasteiger charge is -2.40. The monoisotopic (exact) mass is 248 g/mol.